The van der Waals surface area contributed by atoms with Crippen LogP contribution in [0.25, 0.3) is 11.3 Å². The Morgan fingerprint density at radius 1 is 0.862 bits per heavy atom. The monoisotopic (exact) mass is 427 g/mol. The molecule has 1 aromatic carbocycles. The van der Waals surface area contributed by atoms with Crippen LogP contribution in [-0.4, -0.2) is 33.1 Å². The van der Waals surface area contributed by atoms with E-state index in [4.69, 9.17) is 23.2 Å². The van der Waals surface area contributed by atoms with E-state index in [2.05, 4.69) is 14.9 Å². The van der Waals surface area contributed by atoms with Gasteiger partial charge in [0.2, 0.25) is 0 Å². The number of hydrogen-bond acceptors (Lipinski definition) is 4. The number of nitrogens with zero attached hydrogens (tertiary/aromatic N) is 3. The molecule has 2 unspecified atom stereocenters. The molecule has 0 spiro atoms. The first kappa shape index (κ1) is 20.3. The van der Waals surface area contributed by atoms with Crippen molar-refractivity contribution in [2.45, 2.75) is 31.4 Å². The van der Waals surface area contributed by atoms with Crippen molar-refractivity contribution in [3.63, 3.8) is 0 Å². The third kappa shape index (κ3) is 4.62. The molecular weight excluding hydrogens is 405 g/mol. The van der Waals surface area contributed by atoms with Crippen LogP contribution in [0.1, 0.15) is 42.7 Å². The number of piperidine rings is 1. The van der Waals surface area contributed by atoms with Crippen molar-refractivity contribution in [2.75, 3.05) is 13.1 Å². The number of pyridine rings is 2. The lowest BCUT2D eigenvalue weighted by Crippen LogP contribution is -2.37. The van der Waals surface area contributed by atoms with Crippen molar-refractivity contribution >= 4 is 23.2 Å². The number of aromatic nitrogens is 2. The zero-order valence-corrected chi connectivity index (χ0v) is 17.5. The summed E-state index contributed by atoms with van der Waals surface area (Å²) in [6, 6.07) is 14.7. The maximum Gasteiger partial charge on any atom is 0.102 e. The average Bonchev–Trinajstić information content (AvgIpc) is 2.75. The van der Waals surface area contributed by atoms with Crippen molar-refractivity contribution in [1.82, 2.24) is 14.9 Å². The average molecular weight is 428 g/mol. The Balaban J connectivity index is 1.78. The van der Waals surface area contributed by atoms with Gasteiger partial charge in [0, 0.05) is 33.6 Å². The van der Waals surface area contributed by atoms with Crippen LogP contribution in [-0.2, 0) is 0 Å². The summed E-state index contributed by atoms with van der Waals surface area (Å²) >= 11 is 12.4. The zero-order chi connectivity index (χ0) is 20.2. The van der Waals surface area contributed by atoms with Crippen LogP contribution in [0.15, 0.2) is 60.9 Å². The van der Waals surface area contributed by atoms with Gasteiger partial charge in [-0.2, -0.15) is 0 Å². The highest BCUT2D eigenvalue weighted by molar-refractivity contribution is 6.35. The quantitative estimate of drug-likeness (QED) is 0.566. The van der Waals surface area contributed by atoms with E-state index in [0.717, 1.165) is 42.8 Å². The van der Waals surface area contributed by atoms with Gasteiger partial charge < -0.3 is 5.11 Å². The van der Waals surface area contributed by atoms with Gasteiger partial charge in [-0.1, -0.05) is 41.8 Å². The van der Waals surface area contributed by atoms with E-state index in [1.54, 1.807) is 18.5 Å². The first-order valence-electron chi connectivity index (χ1n) is 9.88. The third-order valence-electron chi connectivity index (χ3n) is 5.37. The van der Waals surface area contributed by atoms with Crippen LogP contribution in [0.4, 0.5) is 0 Å². The number of hydrogen-bond donors (Lipinski definition) is 1. The van der Waals surface area contributed by atoms with Gasteiger partial charge >= 0.3 is 0 Å². The van der Waals surface area contributed by atoms with Crippen LogP contribution in [0.5, 0.6) is 0 Å². The van der Waals surface area contributed by atoms with E-state index in [1.165, 1.54) is 6.42 Å². The molecule has 2 aromatic heterocycles. The molecule has 1 N–H and O–H groups in total. The standard InChI is InChI=1S/C23H23Cl2N3O/c24-17-13-16(14-18(25)15-17)21-19(7-6-10-27-21)23(29)22(20-8-2-3-9-26-20)28-11-4-1-5-12-28/h2-3,6-10,13-15,22-23,29H,1,4-5,11-12H2. The van der Waals surface area contributed by atoms with Crippen LogP contribution in [0, 0.1) is 0 Å². The molecule has 1 aliphatic rings. The minimum atomic E-state index is -0.788. The fourth-order valence-corrected chi connectivity index (χ4v) is 4.58. The summed E-state index contributed by atoms with van der Waals surface area (Å²) in [5.74, 6) is 0. The SMILES string of the molecule is OC(c1cccnc1-c1cc(Cl)cc(Cl)c1)C(c1ccccn1)N1CCCCC1. The summed E-state index contributed by atoms with van der Waals surface area (Å²) in [5.41, 5.74) is 3.07. The van der Waals surface area contributed by atoms with Crippen molar-refractivity contribution in [3.05, 3.63) is 82.2 Å². The lowest BCUT2D eigenvalue weighted by Gasteiger charge is -2.37. The van der Waals surface area contributed by atoms with Gasteiger partial charge in [-0.05, 0) is 62.3 Å². The van der Waals surface area contributed by atoms with Gasteiger partial charge in [-0.25, -0.2) is 0 Å². The fraction of sp³-hybridized carbons (Fsp3) is 0.304. The Hall–Kier alpha value is -1.98. The highest BCUT2D eigenvalue weighted by atomic mass is 35.5. The van der Waals surface area contributed by atoms with E-state index in [9.17, 15) is 5.11 Å². The fourth-order valence-electron chi connectivity index (χ4n) is 4.05. The van der Waals surface area contributed by atoms with E-state index in [0.29, 0.717) is 15.7 Å². The summed E-state index contributed by atoms with van der Waals surface area (Å²) in [7, 11) is 0. The van der Waals surface area contributed by atoms with Gasteiger partial charge in [0.25, 0.3) is 0 Å². The molecule has 0 amide bonds. The van der Waals surface area contributed by atoms with Crippen molar-refractivity contribution in [2.24, 2.45) is 0 Å². The van der Waals surface area contributed by atoms with Gasteiger partial charge in [-0.15, -0.1) is 0 Å². The Morgan fingerprint density at radius 2 is 1.59 bits per heavy atom. The molecule has 6 heteroatoms. The molecule has 1 saturated heterocycles. The van der Waals surface area contributed by atoms with Gasteiger partial charge in [0.15, 0.2) is 0 Å². The molecule has 4 rings (SSSR count). The summed E-state index contributed by atoms with van der Waals surface area (Å²) in [6.07, 6.45) is 6.18. The topological polar surface area (TPSA) is 49.3 Å². The Labute approximate surface area is 181 Å². The summed E-state index contributed by atoms with van der Waals surface area (Å²) in [6.45, 7) is 1.88. The maximum absolute atomic E-state index is 11.6. The number of halogens is 2. The maximum atomic E-state index is 11.6. The first-order chi connectivity index (χ1) is 14.1. The molecular formula is C23H23Cl2N3O. The first-order valence-corrected chi connectivity index (χ1v) is 10.6. The van der Waals surface area contributed by atoms with Crippen LogP contribution >= 0.6 is 23.2 Å². The number of benzene rings is 1. The molecule has 0 radical (unpaired) electrons. The molecule has 29 heavy (non-hydrogen) atoms. The smallest absolute Gasteiger partial charge is 0.102 e. The second-order valence-electron chi connectivity index (χ2n) is 7.34. The summed E-state index contributed by atoms with van der Waals surface area (Å²) < 4.78 is 0. The predicted molar refractivity (Wildman–Crippen MR) is 117 cm³/mol. The molecule has 0 saturated carbocycles. The molecule has 2 atom stereocenters. The van der Waals surface area contributed by atoms with E-state index >= 15 is 0 Å². The molecule has 1 fully saturated rings. The van der Waals surface area contributed by atoms with Crippen molar-refractivity contribution in [1.29, 1.82) is 0 Å². The van der Waals surface area contributed by atoms with Gasteiger partial charge in [0.1, 0.15) is 6.10 Å². The zero-order valence-electron chi connectivity index (χ0n) is 16.0. The second-order valence-corrected chi connectivity index (χ2v) is 8.21. The van der Waals surface area contributed by atoms with E-state index < -0.39 is 6.10 Å². The predicted octanol–water partition coefficient (Wildman–Crippen LogP) is 5.71. The second kappa shape index (κ2) is 9.23. The van der Waals surface area contributed by atoms with Gasteiger partial charge in [0.05, 0.1) is 17.4 Å². The Morgan fingerprint density at radius 3 is 2.28 bits per heavy atom. The minimum absolute atomic E-state index is 0.242. The molecule has 4 nitrogen and oxygen atoms in total. The molecule has 150 valence electrons. The Kier molecular flexibility index (Phi) is 6.46. The lowest BCUT2D eigenvalue weighted by atomic mass is 9.92. The number of aliphatic hydroxyl groups excluding tert-OH is 1. The molecule has 0 aliphatic carbocycles. The van der Waals surface area contributed by atoms with Crippen LogP contribution in [0.3, 0.4) is 0 Å². The molecule has 3 heterocycles. The number of rotatable bonds is 5. The van der Waals surface area contributed by atoms with Crippen LogP contribution < -0.4 is 0 Å². The lowest BCUT2D eigenvalue weighted by molar-refractivity contribution is 0.0342. The number of likely N-dealkylation sites (tertiary alicyclic amines) is 1. The summed E-state index contributed by atoms with van der Waals surface area (Å²) in [4.78, 5) is 11.5. The summed E-state index contributed by atoms with van der Waals surface area (Å²) in [5, 5.41) is 12.7. The molecule has 3 aromatic rings. The normalized spacial score (nSPS) is 17.1. The van der Waals surface area contributed by atoms with Crippen LogP contribution in [0.2, 0.25) is 10.0 Å². The Bertz CT molecular complexity index is 941. The largest absolute Gasteiger partial charge is 0.386 e. The minimum Gasteiger partial charge on any atom is -0.386 e. The van der Waals surface area contributed by atoms with E-state index in [1.807, 2.05) is 42.5 Å². The van der Waals surface area contributed by atoms with Crippen molar-refractivity contribution < 1.29 is 5.11 Å². The highest BCUT2D eigenvalue weighted by Crippen LogP contribution is 2.39. The highest BCUT2D eigenvalue weighted by Gasteiger charge is 2.32. The number of aliphatic hydroxyl groups is 1. The third-order valence-corrected chi connectivity index (χ3v) is 5.80. The molecule has 1 aliphatic heterocycles. The van der Waals surface area contributed by atoms with Gasteiger partial charge in [-0.3, -0.25) is 14.9 Å². The van der Waals surface area contributed by atoms with Crippen molar-refractivity contribution in [3.8, 4) is 11.3 Å². The molecule has 0 bridgehead atoms. The van der Waals surface area contributed by atoms with E-state index in [-0.39, 0.29) is 6.04 Å².